The molecule has 2 N–H and O–H groups in total. The quantitative estimate of drug-likeness (QED) is 0.479. The lowest BCUT2D eigenvalue weighted by Gasteiger charge is -2.12. The summed E-state index contributed by atoms with van der Waals surface area (Å²) in [5, 5.41) is 3.57. The maximum absolute atomic E-state index is 11.7. The molecule has 2 heterocycles. The molecule has 1 amide bonds. The van der Waals surface area contributed by atoms with Crippen molar-refractivity contribution in [3.05, 3.63) is 35.5 Å². The minimum atomic E-state index is -0.320. The second-order valence-corrected chi connectivity index (χ2v) is 7.83. The first-order valence-electron chi connectivity index (χ1n) is 8.48. The molecule has 0 saturated carbocycles. The van der Waals surface area contributed by atoms with Gasteiger partial charge in [-0.15, -0.1) is 11.3 Å². The first kappa shape index (κ1) is 18.7. The van der Waals surface area contributed by atoms with E-state index >= 15 is 0 Å². The van der Waals surface area contributed by atoms with Gasteiger partial charge in [0.15, 0.2) is 0 Å². The molecule has 1 unspecified atom stereocenters. The number of rotatable bonds is 7. The third-order valence-electron chi connectivity index (χ3n) is 3.93. The summed E-state index contributed by atoms with van der Waals surface area (Å²) in [5.74, 6) is 1.22. The van der Waals surface area contributed by atoms with Crippen molar-refractivity contribution >= 4 is 39.2 Å². The van der Waals surface area contributed by atoms with Gasteiger partial charge in [0.05, 0.1) is 17.2 Å². The van der Waals surface area contributed by atoms with E-state index in [0.29, 0.717) is 18.9 Å². The van der Waals surface area contributed by atoms with Gasteiger partial charge < -0.3 is 10.5 Å². The van der Waals surface area contributed by atoms with E-state index < -0.39 is 0 Å². The van der Waals surface area contributed by atoms with Crippen LogP contribution in [0.25, 0.3) is 21.3 Å². The third kappa shape index (κ3) is 3.83. The predicted molar refractivity (Wildman–Crippen MR) is 108 cm³/mol. The number of hydrogen-bond acceptors (Lipinski definition) is 6. The average Bonchev–Trinajstić information content (AvgIpc) is 3.04. The number of aryl methyl sites for hydroxylation is 1. The number of primary amides is 1. The van der Waals surface area contributed by atoms with Crippen LogP contribution in [0.4, 0.5) is 0 Å². The smallest absolute Gasteiger partial charge is 0.230 e. The molecule has 0 saturated heterocycles. The third-order valence-corrected chi connectivity index (χ3v) is 6.17. The summed E-state index contributed by atoms with van der Waals surface area (Å²) >= 11 is 3.00. The first-order valence-corrected chi connectivity index (χ1v) is 10.2. The standard InChI is InChI=1S/C19H21N3O2S2/c1-4-15(17(20)23)26-19-16-14(10-25-18(16)21-11(3)22-19)12-6-8-13(9-7-12)24-5-2/h6-10,15H,4-5H2,1-3H3,(H2,20,23). The molecule has 0 aliphatic heterocycles. The summed E-state index contributed by atoms with van der Waals surface area (Å²) in [4.78, 5) is 21.8. The number of amides is 1. The van der Waals surface area contributed by atoms with Gasteiger partial charge in [0.2, 0.25) is 5.91 Å². The zero-order valence-corrected chi connectivity index (χ0v) is 16.6. The summed E-state index contributed by atoms with van der Waals surface area (Å²) in [6.45, 7) is 6.42. The van der Waals surface area contributed by atoms with Crippen LogP contribution in [0, 0.1) is 6.92 Å². The fourth-order valence-corrected chi connectivity index (χ4v) is 4.80. The molecule has 0 fully saturated rings. The number of thioether (sulfide) groups is 1. The van der Waals surface area contributed by atoms with Gasteiger partial charge in [-0.25, -0.2) is 9.97 Å². The number of carbonyl (C=O) groups is 1. The average molecular weight is 388 g/mol. The van der Waals surface area contributed by atoms with Crippen LogP contribution >= 0.6 is 23.1 Å². The Labute approximate surface area is 161 Å². The number of ether oxygens (including phenoxy) is 1. The van der Waals surface area contributed by atoms with Gasteiger partial charge in [-0.1, -0.05) is 30.8 Å². The van der Waals surface area contributed by atoms with Crippen LogP contribution in [-0.2, 0) is 4.79 Å². The summed E-state index contributed by atoms with van der Waals surface area (Å²) in [6.07, 6.45) is 0.660. The van der Waals surface area contributed by atoms with Crippen LogP contribution in [-0.4, -0.2) is 27.7 Å². The lowest BCUT2D eigenvalue weighted by Crippen LogP contribution is -2.25. The Morgan fingerprint density at radius 3 is 2.62 bits per heavy atom. The number of aromatic nitrogens is 2. The maximum atomic E-state index is 11.7. The van der Waals surface area contributed by atoms with Crippen LogP contribution in [0.5, 0.6) is 5.75 Å². The normalized spacial score (nSPS) is 12.3. The van der Waals surface area contributed by atoms with E-state index in [0.717, 1.165) is 32.1 Å². The largest absolute Gasteiger partial charge is 0.494 e. The van der Waals surface area contributed by atoms with Crippen LogP contribution in [0.1, 0.15) is 26.1 Å². The Morgan fingerprint density at radius 2 is 2.00 bits per heavy atom. The molecule has 1 atom stereocenters. The van der Waals surface area contributed by atoms with E-state index in [1.165, 1.54) is 11.8 Å². The molecule has 26 heavy (non-hydrogen) atoms. The van der Waals surface area contributed by atoms with Gasteiger partial charge in [0.1, 0.15) is 21.4 Å². The molecule has 2 aromatic heterocycles. The van der Waals surface area contributed by atoms with E-state index in [1.54, 1.807) is 11.3 Å². The molecule has 3 aromatic rings. The van der Waals surface area contributed by atoms with Crippen molar-refractivity contribution < 1.29 is 9.53 Å². The molecule has 136 valence electrons. The molecule has 1 aromatic carbocycles. The summed E-state index contributed by atoms with van der Waals surface area (Å²) in [7, 11) is 0. The minimum Gasteiger partial charge on any atom is -0.494 e. The highest BCUT2D eigenvalue weighted by Crippen LogP contribution is 2.40. The zero-order chi connectivity index (χ0) is 18.7. The minimum absolute atomic E-state index is 0.305. The Balaban J connectivity index is 2.08. The number of carbonyl (C=O) groups excluding carboxylic acids is 1. The second kappa shape index (κ2) is 8.05. The van der Waals surface area contributed by atoms with Crippen molar-refractivity contribution in [2.45, 2.75) is 37.5 Å². The number of thiophene rings is 1. The van der Waals surface area contributed by atoms with Crippen LogP contribution in [0.2, 0.25) is 0 Å². The molecular weight excluding hydrogens is 366 g/mol. The SMILES string of the molecule is CCOc1ccc(-c2csc3nc(C)nc(SC(CC)C(N)=O)c23)cc1. The summed E-state index contributed by atoms with van der Waals surface area (Å²) < 4.78 is 5.52. The van der Waals surface area contributed by atoms with Gasteiger partial charge in [0.25, 0.3) is 0 Å². The van der Waals surface area contributed by atoms with Crippen molar-refractivity contribution in [1.29, 1.82) is 0 Å². The van der Waals surface area contributed by atoms with E-state index in [9.17, 15) is 4.79 Å². The Hall–Kier alpha value is -2.12. The summed E-state index contributed by atoms with van der Waals surface area (Å²) in [6, 6.07) is 7.99. The molecule has 0 bridgehead atoms. The maximum Gasteiger partial charge on any atom is 0.230 e. The molecular formula is C19H21N3O2S2. The van der Waals surface area contributed by atoms with Crippen molar-refractivity contribution in [1.82, 2.24) is 9.97 Å². The van der Waals surface area contributed by atoms with Gasteiger partial charge in [-0.3, -0.25) is 4.79 Å². The molecule has 0 spiro atoms. The van der Waals surface area contributed by atoms with E-state index in [1.807, 2.05) is 45.0 Å². The number of nitrogens with zero attached hydrogens (tertiary/aromatic N) is 2. The Bertz CT molecular complexity index is 922. The number of nitrogens with two attached hydrogens (primary N) is 1. The lowest BCUT2D eigenvalue weighted by molar-refractivity contribution is -0.117. The summed E-state index contributed by atoms with van der Waals surface area (Å²) in [5.41, 5.74) is 7.67. The fourth-order valence-electron chi connectivity index (χ4n) is 2.68. The van der Waals surface area contributed by atoms with E-state index in [-0.39, 0.29) is 11.2 Å². The molecule has 3 rings (SSSR count). The van der Waals surface area contributed by atoms with Crippen molar-refractivity contribution in [2.75, 3.05) is 6.61 Å². The van der Waals surface area contributed by atoms with Crippen molar-refractivity contribution in [3.63, 3.8) is 0 Å². The Morgan fingerprint density at radius 1 is 1.27 bits per heavy atom. The fraction of sp³-hybridized carbons (Fsp3) is 0.316. The molecule has 0 aliphatic carbocycles. The Kier molecular flexibility index (Phi) is 5.78. The van der Waals surface area contributed by atoms with Gasteiger partial charge >= 0.3 is 0 Å². The van der Waals surface area contributed by atoms with E-state index in [4.69, 9.17) is 10.5 Å². The van der Waals surface area contributed by atoms with E-state index in [2.05, 4.69) is 15.3 Å². The van der Waals surface area contributed by atoms with Crippen LogP contribution in [0.15, 0.2) is 34.7 Å². The van der Waals surface area contributed by atoms with Crippen molar-refractivity contribution in [3.8, 4) is 16.9 Å². The predicted octanol–water partition coefficient (Wildman–Crippen LogP) is 4.42. The monoisotopic (exact) mass is 387 g/mol. The molecule has 0 aliphatic rings. The number of benzene rings is 1. The van der Waals surface area contributed by atoms with Crippen LogP contribution in [0.3, 0.4) is 0 Å². The lowest BCUT2D eigenvalue weighted by atomic mass is 10.1. The highest BCUT2D eigenvalue weighted by molar-refractivity contribution is 8.00. The highest BCUT2D eigenvalue weighted by Gasteiger charge is 2.21. The first-order chi connectivity index (χ1) is 12.5. The number of hydrogen-bond donors (Lipinski definition) is 1. The van der Waals surface area contributed by atoms with Crippen LogP contribution < -0.4 is 10.5 Å². The highest BCUT2D eigenvalue weighted by atomic mass is 32.2. The van der Waals surface area contributed by atoms with Crippen molar-refractivity contribution in [2.24, 2.45) is 5.73 Å². The topological polar surface area (TPSA) is 78.1 Å². The zero-order valence-electron chi connectivity index (χ0n) is 15.0. The van der Waals surface area contributed by atoms with Gasteiger partial charge in [-0.05, 0) is 38.0 Å². The van der Waals surface area contributed by atoms with Gasteiger partial charge in [-0.2, -0.15) is 0 Å². The molecule has 0 radical (unpaired) electrons. The second-order valence-electron chi connectivity index (χ2n) is 5.78. The molecule has 5 nitrogen and oxygen atoms in total. The molecule has 7 heteroatoms. The number of fused-ring (bicyclic) bond motifs is 1. The van der Waals surface area contributed by atoms with Gasteiger partial charge in [0, 0.05) is 10.9 Å².